The lowest BCUT2D eigenvalue weighted by atomic mass is 10.1. The molecule has 0 unspecified atom stereocenters. The van der Waals surface area contributed by atoms with Crippen molar-refractivity contribution in [3.63, 3.8) is 0 Å². The first-order valence-corrected chi connectivity index (χ1v) is 10.0. The van der Waals surface area contributed by atoms with E-state index in [9.17, 15) is 14.9 Å². The molecule has 1 fully saturated rings. The minimum absolute atomic E-state index is 0.0485. The fraction of sp³-hybridized carbons (Fsp3) is 0.0909. The van der Waals surface area contributed by atoms with E-state index >= 15 is 0 Å². The van der Waals surface area contributed by atoms with E-state index in [1.165, 1.54) is 23.9 Å². The molecule has 1 N–H and O–H groups in total. The minimum atomic E-state index is -0.475. The Hall–Kier alpha value is -3.65. The molecule has 7 nitrogen and oxygen atoms in total. The number of aromatic nitrogens is 1. The van der Waals surface area contributed by atoms with Crippen molar-refractivity contribution in [1.82, 2.24) is 9.88 Å². The number of nitrogens with zero attached hydrogens (tertiary/aromatic N) is 3. The molecule has 2 heterocycles. The molecule has 4 rings (SSSR count). The van der Waals surface area contributed by atoms with Crippen molar-refractivity contribution in [2.45, 2.75) is 13.5 Å². The van der Waals surface area contributed by atoms with Gasteiger partial charge in [0.2, 0.25) is 0 Å². The standard InChI is InChI=1S/C22H18N4O3S/c1-3-11-25-14(2)18(17-9-4-5-10-19(17)25)13-20-21(27)24-22(30-20)23-15-7-6-8-16(12-15)26(28)29/h3-10,12-13H,1,11H2,2H3,(H,23,24,27)/b20-13-. The molecule has 0 atom stereocenters. The summed E-state index contributed by atoms with van der Waals surface area (Å²) >= 11 is 1.21. The summed E-state index contributed by atoms with van der Waals surface area (Å²) in [6.45, 7) is 6.53. The minimum Gasteiger partial charge on any atom is -0.340 e. The lowest BCUT2D eigenvalue weighted by Crippen LogP contribution is -2.19. The van der Waals surface area contributed by atoms with E-state index in [0.717, 1.165) is 22.2 Å². The molecule has 150 valence electrons. The normalized spacial score (nSPS) is 16.4. The molecule has 1 aliphatic rings. The molecule has 1 amide bonds. The Morgan fingerprint density at radius 1 is 1.27 bits per heavy atom. The maximum Gasteiger partial charge on any atom is 0.271 e. The summed E-state index contributed by atoms with van der Waals surface area (Å²) in [6.07, 6.45) is 3.71. The third-order valence-corrected chi connectivity index (χ3v) is 5.70. The van der Waals surface area contributed by atoms with Crippen LogP contribution in [0.3, 0.4) is 0 Å². The van der Waals surface area contributed by atoms with Crippen LogP contribution in [-0.4, -0.2) is 20.6 Å². The van der Waals surface area contributed by atoms with Gasteiger partial charge >= 0.3 is 0 Å². The molecule has 2 aromatic carbocycles. The van der Waals surface area contributed by atoms with Crippen molar-refractivity contribution in [3.8, 4) is 0 Å². The smallest absolute Gasteiger partial charge is 0.271 e. The van der Waals surface area contributed by atoms with Crippen LogP contribution in [0.4, 0.5) is 11.4 Å². The van der Waals surface area contributed by atoms with Crippen LogP contribution in [0, 0.1) is 17.0 Å². The number of hydrogen-bond acceptors (Lipinski definition) is 5. The maximum atomic E-state index is 12.5. The Bertz CT molecular complexity index is 1260. The number of aliphatic imine (C=N–C) groups is 1. The van der Waals surface area contributed by atoms with E-state index in [2.05, 4.69) is 21.5 Å². The van der Waals surface area contributed by atoms with Gasteiger partial charge in [-0.3, -0.25) is 14.9 Å². The Kier molecular flexibility index (Phi) is 5.24. The number of benzene rings is 2. The van der Waals surface area contributed by atoms with E-state index in [1.807, 2.05) is 43.3 Å². The quantitative estimate of drug-likeness (QED) is 0.275. The highest BCUT2D eigenvalue weighted by Gasteiger charge is 2.25. The van der Waals surface area contributed by atoms with E-state index in [1.54, 1.807) is 12.1 Å². The van der Waals surface area contributed by atoms with Crippen LogP contribution < -0.4 is 5.32 Å². The van der Waals surface area contributed by atoms with Gasteiger partial charge in [-0.2, -0.15) is 0 Å². The molecule has 0 aliphatic carbocycles. The Morgan fingerprint density at radius 2 is 2.07 bits per heavy atom. The van der Waals surface area contributed by atoms with Gasteiger partial charge in [0.05, 0.1) is 15.5 Å². The topological polar surface area (TPSA) is 89.5 Å². The largest absolute Gasteiger partial charge is 0.340 e. The van der Waals surface area contributed by atoms with Crippen molar-refractivity contribution in [2.24, 2.45) is 4.99 Å². The number of carbonyl (C=O) groups is 1. The number of hydrogen-bond donors (Lipinski definition) is 1. The third-order valence-electron chi connectivity index (χ3n) is 4.79. The fourth-order valence-electron chi connectivity index (χ4n) is 3.41. The van der Waals surface area contributed by atoms with Gasteiger partial charge < -0.3 is 9.88 Å². The highest BCUT2D eigenvalue weighted by atomic mass is 32.2. The van der Waals surface area contributed by atoms with Crippen LogP contribution in [0.5, 0.6) is 0 Å². The molecule has 1 aliphatic heterocycles. The number of fused-ring (bicyclic) bond motifs is 1. The van der Waals surface area contributed by atoms with E-state index < -0.39 is 4.92 Å². The van der Waals surface area contributed by atoms with Gasteiger partial charge in [0.15, 0.2) is 5.17 Å². The maximum absolute atomic E-state index is 12.5. The Labute approximate surface area is 177 Å². The summed E-state index contributed by atoms with van der Waals surface area (Å²) in [4.78, 5) is 27.9. The van der Waals surface area contributed by atoms with Gasteiger partial charge in [0, 0.05) is 40.8 Å². The molecule has 1 aromatic heterocycles. The number of carbonyl (C=O) groups excluding carboxylic acids is 1. The molecular weight excluding hydrogens is 400 g/mol. The van der Waals surface area contributed by atoms with Crippen molar-refractivity contribution in [2.75, 3.05) is 0 Å². The summed E-state index contributed by atoms with van der Waals surface area (Å²) in [6, 6.07) is 14.0. The van der Waals surface area contributed by atoms with Crippen LogP contribution >= 0.6 is 11.8 Å². The highest BCUT2D eigenvalue weighted by Crippen LogP contribution is 2.33. The number of non-ortho nitro benzene ring substituents is 1. The van der Waals surface area contributed by atoms with Gasteiger partial charge in [0.1, 0.15) is 0 Å². The summed E-state index contributed by atoms with van der Waals surface area (Å²) in [5.74, 6) is -0.246. The number of para-hydroxylation sites is 1. The number of amidine groups is 1. The van der Waals surface area contributed by atoms with Gasteiger partial charge in [-0.15, -0.1) is 6.58 Å². The number of rotatable bonds is 5. The summed E-state index contributed by atoms with van der Waals surface area (Å²) in [7, 11) is 0. The predicted molar refractivity (Wildman–Crippen MR) is 121 cm³/mol. The lowest BCUT2D eigenvalue weighted by molar-refractivity contribution is -0.384. The second kappa shape index (κ2) is 8.00. The van der Waals surface area contributed by atoms with Crippen LogP contribution in [-0.2, 0) is 11.3 Å². The first kappa shape index (κ1) is 19.7. The first-order valence-electron chi connectivity index (χ1n) is 9.20. The van der Waals surface area contributed by atoms with Crippen molar-refractivity contribution in [3.05, 3.63) is 87.5 Å². The molecule has 30 heavy (non-hydrogen) atoms. The first-order chi connectivity index (χ1) is 14.5. The van der Waals surface area contributed by atoms with Crippen LogP contribution in [0.25, 0.3) is 17.0 Å². The van der Waals surface area contributed by atoms with Crippen LogP contribution in [0.1, 0.15) is 11.3 Å². The second-order valence-electron chi connectivity index (χ2n) is 6.67. The number of amides is 1. The molecule has 8 heteroatoms. The molecular formula is C22H18N4O3S. The monoisotopic (exact) mass is 418 g/mol. The molecule has 1 saturated heterocycles. The van der Waals surface area contributed by atoms with E-state index in [0.29, 0.717) is 22.3 Å². The molecule has 0 radical (unpaired) electrons. The van der Waals surface area contributed by atoms with Crippen molar-refractivity contribution < 1.29 is 9.72 Å². The van der Waals surface area contributed by atoms with Crippen molar-refractivity contribution >= 4 is 51.2 Å². The Balaban J connectivity index is 1.70. The molecule has 3 aromatic rings. The SMILES string of the molecule is C=CCn1c(C)c(/C=C2\SC(=Nc3cccc([N+](=O)[O-])c3)NC2=O)c2ccccc21. The number of allylic oxidation sites excluding steroid dienone is 1. The van der Waals surface area contributed by atoms with E-state index in [4.69, 9.17) is 0 Å². The molecule has 0 saturated carbocycles. The lowest BCUT2D eigenvalue weighted by Gasteiger charge is -2.04. The Morgan fingerprint density at radius 3 is 2.83 bits per heavy atom. The number of nitrogens with one attached hydrogen (secondary N) is 1. The average molecular weight is 418 g/mol. The van der Waals surface area contributed by atoms with E-state index in [-0.39, 0.29) is 11.6 Å². The fourth-order valence-corrected chi connectivity index (χ4v) is 4.23. The van der Waals surface area contributed by atoms with Crippen molar-refractivity contribution in [1.29, 1.82) is 0 Å². The highest BCUT2D eigenvalue weighted by molar-refractivity contribution is 8.18. The zero-order valence-electron chi connectivity index (χ0n) is 16.2. The van der Waals surface area contributed by atoms with Gasteiger partial charge in [-0.05, 0) is 36.9 Å². The zero-order chi connectivity index (χ0) is 21.3. The number of thioether (sulfide) groups is 1. The third kappa shape index (κ3) is 3.65. The van der Waals surface area contributed by atoms with Crippen LogP contribution in [0.2, 0.25) is 0 Å². The molecule has 0 spiro atoms. The zero-order valence-corrected chi connectivity index (χ0v) is 17.0. The summed E-state index contributed by atoms with van der Waals surface area (Å²) in [5.41, 5.74) is 3.46. The number of nitro groups is 1. The summed E-state index contributed by atoms with van der Waals surface area (Å²) in [5, 5.41) is 15.1. The predicted octanol–water partition coefficient (Wildman–Crippen LogP) is 4.94. The van der Waals surface area contributed by atoms with Gasteiger partial charge in [-0.25, -0.2) is 4.99 Å². The second-order valence-corrected chi connectivity index (χ2v) is 7.70. The molecule has 0 bridgehead atoms. The van der Waals surface area contributed by atoms with Gasteiger partial charge in [-0.1, -0.05) is 30.3 Å². The number of nitro benzene ring substituents is 1. The van der Waals surface area contributed by atoms with Crippen LogP contribution in [0.15, 0.2) is 71.1 Å². The summed E-state index contributed by atoms with van der Waals surface area (Å²) < 4.78 is 2.16. The van der Waals surface area contributed by atoms with Gasteiger partial charge in [0.25, 0.3) is 11.6 Å². The average Bonchev–Trinajstić information content (AvgIpc) is 3.20.